The lowest BCUT2D eigenvalue weighted by molar-refractivity contribution is 0.0450. The van der Waals surface area contributed by atoms with Crippen LogP contribution in [-0.4, -0.2) is 34.6 Å². The van der Waals surface area contributed by atoms with Crippen molar-refractivity contribution < 1.29 is 16.7 Å². The fourth-order valence-electron chi connectivity index (χ4n) is 0.0471. The van der Waals surface area contributed by atoms with E-state index in [4.69, 9.17) is 16.7 Å². The van der Waals surface area contributed by atoms with E-state index in [-0.39, 0.29) is 0 Å². The summed E-state index contributed by atoms with van der Waals surface area (Å²) in [6, 6.07) is 0. The molecule has 0 spiro atoms. The number of rotatable bonds is 2. The van der Waals surface area contributed by atoms with E-state index in [0.29, 0.717) is 0 Å². The van der Waals surface area contributed by atoms with Gasteiger partial charge in [0.25, 0.3) is 0 Å². The summed E-state index contributed by atoms with van der Waals surface area (Å²) in [6.07, 6.45) is -1.32. The van der Waals surface area contributed by atoms with Crippen LogP contribution < -0.4 is 0 Å². The van der Waals surface area contributed by atoms with Gasteiger partial charge in [-0.3, -0.25) is 0 Å². The largest absolute Gasteiger partial charge is 0.394 e. The van der Waals surface area contributed by atoms with E-state index >= 15 is 0 Å². The Balaban J connectivity index is 3.14. The molecular weight excluding hydrogens is 86.0 g/mol. The van der Waals surface area contributed by atoms with E-state index < -0.39 is 19.3 Å². The maximum Gasteiger partial charge on any atom is 0.100 e. The zero-order valence-corrected chi connectivity index (χ0v) is 3.20. The maximum atomic E-state index is 8.25. The summed E-state index contributed by atoms with van der Waals surface area (Å²) in [7, 11) is 0. The summed E-state index contributed by atoms with van der Waals surface area (Å²) in [5.74, 6) is 0. The summed E-state index contributed by atoms with van der Waals surface area (Å²) >= 11 is 0. The van der Waals surface area contributed by atoms with Gasteiger partial charge in [0.2, 0.25) is 0 Å². The second kappa shape index (κ2) is 3.08. The highest BCUT2D eigenvalue weighted by Crippen LogP contribution is 1.71. The SMILES string of the molecule is [2H][13C@@H](O)[13C@H](O)CO. The Labute approximate surface area is 37.3 Å². The van der Waals surface area contributed by atoms with Crippen molar-refractivity contribution in [3.63, 3.8) is 0 Å². The van der Waals surface area contributed by atoms with Gasteiger partial charge in [0.1, 0.15) is 6.10 Å². The average Bonchev–Trinajstić information content (AvgIpc) is 1.65. The van der Waals surface area contributed by atoms with Gasteiger partial charge in [0, 0.05) is 0 Å². The number of hydrogen-bond donors (Lipinski definition) is 3. The Hall–Kier alpha value is -0.120. The van der Waals surface area contributed by atoms with Crippen LogP contribution in [0, 0.1) is 0 Å². The first-order valence-corrected chi connectivity index (χ1v) is 1.57. The van der Waals surface area contributed by atoms with Gasteiger partial charge in [-0.05, 0) is 0 Å². The van der Waals surface area contributed by atoms with Crippen LogP contribution in [-0.2, 0) is 0 Å². The van der Waals surface area contributed by atoms with Crippen LogP contribution in [0.4, 0.5) is 0 Å². The average molecular weight is 95.1 g/mol. The zero-order chi connectivity index (χ0) is 5.86. The summed E-state index contributed by atoms with van der Waals surface area (Å²) in [5, 5.41) is 24.3. The third-order valence-corrected chi connectivity index (χ3v) is 0.359. The zero-order valence-electron chi connectivity index (χ0n) is 4.20. The Bertz CT molecular complexity index is 47.4. The van der Waals surface area contributed by atoms with Gasteiger partial charge in [-0.15, -0.1) is 0 Å². The van der Waals surface area contributed by atoms with E-state index in [1.165, 1.54) is 0 Å². The minimum Gasteiger partial charge on any atom is -0.394 e. The van der Waals surface area contributed by atoms with Crippen molar-refractivity contribution in [1.82, 2.24) is 0 Å². The molecule has 0 aromatic rings. The highest BCUT2D eigenvalue weighted by Gasteiger charge is 1.93. The molecule has 6 heavy (non-hydrogen) atoms. The quantitative estimate of drug-likeness (QED) is 0.359. The van der Waals surface area contributed by atoms with Gasteiger partial charge in [-0.1, -0.05) is 0 Å². The maximum absolute atomic E-state index is 8.25. The van der Waals surface area contributed by atoms with Crippen molar-refractivity contribution in [1.29, 1.82) is 0 Å². The smallest absolute Gasteiger partial charge is 0.100 e. The number of aliphatic hydroxyl groups is 3. The van der Waals surface area contributed by atoms with Crippen LogP contribution in [0.3, 0.4) is 0 Å². The number of aliphatic hydroxyl groups excluding tert-OH is 3. The molecular formula is C3H8O3. The summed E-state index contributed by atoms with van der Waals surface area (Å²) < 4.78 is 6.33. The molecule has 0 aromatic heterocycles. The van der Waals surface area contributed by atoms with Crippen LogP contribution in [0.1, 0.15) is 1.37 Å². The monoisotopic (exact) mass is 95.1 g/mol. The molecule has 0 radical (unpaired) electrons. The van der Waals surface area contributed by atoms with Crippen molar-refractivity contribution in [2.45, 2.75) is 6.10 Å². The van der Waals surface area contributed by atoms with Crippen LogP contribution in [0.2, 0.25) is 0 Å². The highest BCUT2D eigenvalue weighted by atomic mass is 16.5. The molecule has 0 heterocycles. The molecule has 0 aliphatic carbocycles. The topological polar surface area (TPSA) is 60.7 Å². The first kappa shape index (κ1) is 4.05. The van der Waals surface area contributed by atoms with Crippen molar-refractivity contribution >= 4 is 0 Å². The third-order valence-electron chi connectivity index (χ3n) is 0.359. The van der Waals surface area contributed by atoms with Gasteiger partial charge in [0.05, 0.1) is 14.6 Å². The fraction of sp³-hybridized carbons (Fsp3) is 1.00. The Morgan fingerprint density at radius 1 is 1.67 bits per heavy atom. The molecule has 0 rings (SSSR count). The minimum atomic E-state index is -1.58. The van der Waals surface area contributed by atoms with Crippen LogP contribution in [0.15, 0.2) is 0 Å². The fourth-order valence-corrected chi connectivity index (χ4v) is 0.0471. The van der Waals surface area contributed by atoms with Gasteiger partial charge in [0.15, 0.2) is 0 Å². The van der Waals surface area contributed by atoms with E-state index in [9.17, 15) is 0 Å². The van der Waals surface area contributed by atoms with Gasteiger partial charge in [-0.25, -0.2) is 0 Å². The Morgan fingerprint density at radius 2 is 2.17 bits per heavy atom. The van der Waals surface area contributed by atoms with E-state index in [2.05, 4.69) is 0 Å². The third kappa shape index (κ3) is 2.14. The van der Waals surface area contributed by atoms with Crippen molar-refractivity contribution in [3.05, 3.63) is 0 Å². The molecule has 3 nitrogen and oxygen atoms in total. The lowest BCUT2D eigenvalue weighted by Crippen LogP contribution is -2.15. The molecule has 3 N–H and O–H groups in total. The van der Waals surface area contributed by atoms with E-state index in [1.807, 2.05) is 0 Å². The second-order valence-electron chi connectivity index (χ2n) is 0.899. The van der Waals surface area contributed by atoms with Crippen molar-refractivity contribution in [3.8, 4) is 0 Å². The lowest BCUT2D eigenvalue weighted by Gasteiger charge is -1.96. The molecule has 38 valence electrons. The highest BCUT2D eigenvalue weighted by molar-refractivity contribution is 4.43. The Kier molecular flexibility index (Phi) is 2.08. The molecule has 3 heteroatoms. The molecule has 0 fully saturated rings. The first-order valence-electron chi connectivity index (χ1n) is 2.15. The first-order chi connectivity index (χ1) is 3.18. The molecule has 2 atom stereocenters. The summed E-state index contributed by atoms with van der Waals surface area (Å²) in [4.78, 5) is 0. The van der Waals surface area contributed by atoms with Gasteiger partial charge in [-0.2, -0.15) is 0 Å². The minimum absolute atomic E-state index is 0.565. The normalized spacial score (nSPS) is 22.2. The van der Waals surface area contributed by atoms with Gasteiger partial charge >= 0.3 is 0 Å². The van der Waals surface area contributed by atoms with E-state index in [0.717, 1.165) is 0 Å². The molecule has 0 saturated heterocycles. The van der Waals surface area contributed by atoms with Crippen LogP contribution in [0.5, 0.6) is 0 Å². The summed E-state index contributed by atoms with van der Waals surface area (Å²) in [6.45, 7) is -2.14. The molecule has 0 bridgehead atoms. The lowest BCUT2D eigenvalue weighted by atomic mass is 11.0. The van der Waals surface area contributed by atoms with Crippen LogP contribution >= 0.6 is 0 Å². The number of hydrogen-bond acceptors (Lipinski definition) is 3. The predicted molar refractivity (Wildman–Crippen MR) is 20.2 cm³/mol. The van der Waals surface area contributed by atoms with Crippen molar-refractivity contribution in [2.24, 2.45) is 0 Å². The standard InChI is InChI=1S/C3H8O3/c4-1-3(6)2-5/h3-6H,1-2H2/i1+1D,3+1/t1-,3+/m1/s1. The second-order valence-corrected chi connectivity index (χ2v) is 0.899. The molecule has 0 aromatic carbocycles. The predicted octanol–water partition coefficient (Wildman–Crippen LogP) is -1.67. The van der Waals surface area contributed by atoms with Crippen molar-refractivity contribution in [2.75, 3.05) is 13.2 Å². The van der Waals surface area contributed by atoms with E-state index in [1.54, 1.807) is 0 Å². The van der Waals surface area contributed by atoms with Crippen LogP contribution in [0.25, 0.3) is 0 Å². The molecule has 0 saturated carbocycles. The van der Waals surface area contributed by atoms with Gasteiger partial charge < -0.3 is 15.3 Å². The molecule has 0 aliphatic heterocycles. The molecule has 0 unspecified atom stereocenters. The molecule has 0 aliphatic rings. The summed E-state index contributed by atoms with van der Waals surface area (Å²) in [5.41, 5.74) is 0. The Morgan fingerprint density at radius 3 is 2.17 bits per heavy atom. The molecule has 0 amide bonds.